The highest BCUT2D eigenvalue weighted by molar-refractivity contribution is 6.30. The van der Waals surface area contributed by atoms with Gasteiger partial charge in [0.05, 0.1) is 0 Å². The third kappa shape index (κ3) is 2.91. The maximum absolute atomic E-state index is 9.49. The Kier molecular flexibility index (Phi) is 5.26. The molecule has 1 atom stereocenters. The molecular formula is C17H21Cl2N3. The lowest BCUT2D eigenvalue weighted by molar-refractivity contribution is 0.0781. The van der Waals surface area contributed by atoms with E-state index >= 15 is 0 Å². The summed E-state index contributed by atoms with van der Waals surface area (Å²) in [6.07, 6.45) is 4.91. The van der Waals surface area contributed by atoms with Crippen LogP contribution in [-0.4, -0.2) is 10.6 Å². The molecule has 0 bridgehead atoms. The lowest BCUT2D eigenvalue weighted by Gasteiger charge is -2.42. The van der Waals surface area contributed by atoms with Crippen LogP contribution in [0.4, 0.5) is 0 Å². The van der Waals surface area contributed by atoms with Gasteiger partial charge in [-0.1, -0.05) is 54.8 Å². The van der Waals surface area contributed by atoms with Crippen molar-refractivity contribution in [2.45, 2.75) is 44.8 Å². The highest BCUT2D eigenvalue weighted by Crippen LogP contribution is 2.43. The number of rotatable bonds is 3. The van der Waals surface area contributed by atoms with E-state index in [1.807, 2.05) is 18.2 Å². The maximum atomic E-state index is 9.49. The summed E-state index contributed by atoms with van der Waals surface area (Å²) in [6.45, 7) is 2.89. The largest absolute Gasteiger partial charge is 0.351 e. The minimum Gasteiger partial charge on any atom is -0.351 e. The molecule has 1 heterocycles. The van der Waals surface area contributed by atoms with E-state index < -0.39 is 0 Å². The summed E-state index contributed by atoms with van der Waals surface area (Å²) in [4.78, 5) is 2.15. The van der Waals surface area contributed by atoms with E-state index in [0.29, 0.717) is 23.3 Å². The van der Waals surface area contributed by atoms with Gasteiger partial charge in [-0.15, -0.1) is 12.4 Å². The Morgan fingerprint density at radius 2 is 1.95 bits per heavy atom. The highest BCUT2D eigenvalue weighted by Gasteiger charge is 2.47. The molecule has 0 spiro atoms. The molecule has 1 unspecified atom stereocenters. The van der Waals surface area contributed by atoms with Crippen molar-refractivity contribution in [2.75, 3.05) is 0 Å². The first-order valence-corrected chi connectivity index (χ1v) is 7.92. The summed E-state index contributed by atoms with van der Waals surface area (Å²) in [5.41, 5.74) is 1.51. The van der Waals surface area contributed by atoms with Gasteiger partial charge in [-0.3, -0.25) is 0 Å². The van der Waals surface area contributed by atoms with E-state index in [0.717, 1.165) is 0 Å². The van der Waals surface area contributed by atoms with E-state index in [9.17, 15) is 5.26 Å². The number of hydrogen-bond donors (Lipinski definition) is 1. The number of nitrogens with zero attached hydrogens (tertiary/aromatic N) is 2. The quantitative estimate of drug-likeness (QED) is 0.833. The first kappa shape index (κ1) is 17.0. The average molecular weight is 338 g/mol. The van der Waals surface area contributed by atoms with Crippen LogP contribution >= 0.6 is 24.0 Å². The normalized spacial score (nSPS) is 24.9. The number of nitrogens with one attached hydrogen (secondary N) is 1. The highest BCUT2D eigenvalue weighted by atomic mass is 35.5. The Hall–Kier alpha value is -1.37. The summed E-state index contributed by atoms with van der Waals surface area (Å²) in [5, 5.41) is 13.4. The minimum absolute atomic E-state index is 0. The van der Waals surface area contributed by atoms with Crippen molar-refractivity contribution in [1.82, 2.24) is 10.2 Å². The van der Waals surface area contributed by atoms with Crippen LogP contribution in [0.25, 0.3) is 0 Å². The number of allylic oxidation sites excluding steroid dienone is 1. The van der Waals surface area contributed by atoms with Crippen LogP contribution in [0.1, 0.15) is 38.2 Å². The van der Waals surface area contributed by atoms with E-state index in [2.05, 4.69) is 35.3 Å². The van der Waals surface area contributed by atoms with Crippen LogP contribution in [0.15, 0.2) is 41.2 Å². The Morgan fingerprint density at radius 1 is 1.32 bits per heavy atom. The molecule has 0 radical (unpaired) electrons. The average Bonchev–Trinajstić information content (AvgIpc) is 3.09. The molecule has 1 N–H and O–H groups in total. The first-order chi connectivity index (χ1) is 10.1. The summed E-state index contributed by atoms with van der Waals surface area (Å²) < 4.78 is 0. The molecule has 1 aliphatic heterocycles. The zero-order chi connectivity index (χ0) is 14.9. The Bertz CT molecular complexity index is 588. The zero-order valence-corrected chi connectivity index (χ0v) is 14.3. The van der Waals surface area contributed by atoms with Crippen molar-refractivity contribution in [3.8, 4) is 6.07 Å². The zero-order valence-electron chi connectivity index (χ0n) is 12.7. The molecule has 22 heavy (non-hydrogen) atoms. The molecule has 1 fully saturated rings. The van der Waals surface area contributed by atoms with Crippen molar-refractivity contribution in [2.24, 2.45) is 5.92 Å². The van der Waals surface area contributed by atoms with Crippen molar-refractivity contribution in [3.63, 3.8) is 0 Å². The molecule has 0 amide bonds. The summed E-state index contributed by atoms with van der Waals surface area (Å²) in [7, 11) is 0. The van der Waals surface area contributed by atoms with Gasteiger partial charge in [0.1, 0.15) is 16.9 Å². The third-order valence-electron chi connectivity index (χ3n) is 4.84. The van der Waals surface area contributed by atoms with E-state index in [1.165, 1.54) is 31.2 Å². The molecular weight excluding hydrogens is 317 g/mol. The fourth-order valence-corrected chi connectivity index (χ4v) is 3.96. The second-order valence-corrected chi connectivity index (χ2v) is 6.48. The molecule has 1 aromatic carbocycles. The number of benzene rings is 1. The summed E-state index contributed by atoms with van der Waals surface area (Å²) in [5.74, 6) is 0.529. The molecule has 0 aromatic heterocycles. The van der Waals surface area contributed by atoms with E-state index in [4.69, 9.17) is 11.6 Å². The molecule has 1 aromatic rings. The minimum atomic E-state index is -0.255. The Morgan fingerprint density at radius 3 is 2.55 bits per heavy atom. The molecule has 1 saturated carbocycles. The van der Waals surface area contributed by atoms with Gasteiger partial charge in [0.25, 0.3) is 0 Å². The van der Waals surface area contributed by atoms with Crippen LogP contribution in [0.5, 0.6) is 0 Å². The fraction of sp³-hybridized carbons (Fsp3) is 0.471. The van der Waals surface area contributed by atoms with Crippen molar-refractivity contribution >= 4 is 24.0 Å². The predicted octanol–water partition coefficient (Wildman–Crippen LogP) is 4.35. The van der Waals surface area contributed by atoms with Gasteiger partial charge < -0.3 is 10.2 Å². The number of hydrogen-bond acceptors (Lipinski definition) is 3. The molecule has 0 saturated heterocycles. The van der Waals surface area contributed by atoms with Crippen molar-refractivity contribution in [3.05, 3.63) is 46.7 Å². The Balaban J connectivity index is 0.00000176. The second-order valence-electron chi connectivity index (χ2n) is 6.10. The summed E-state index contributed by atoms with van der Waals surface area (Å²) in [6, 6.07) is 12.5. The van der Waals surface area contributed by atoms with Crippen LogP contribution in [-0.2, 0) is 6.54 Å². The number of halogens is 2. The van der Waals surface area contributed by atoms with E-state index in [-0.39, 0.29) is 18.1 Å². The molecule has 3 nitrogen and oxygen atoms in total. The van der Waals surface area contributed by atoms with Crippen LogP contribution in [0.2, 0.25) is 0 Å². The van der Waals surface area contributed by atoms with Crippen LogP contribution in [0.3, 0.4) is 0 Å². The van der Waals surface area contributed by atoms with E-state index in [1.54, 1.807) is 0 Å². The molecule has 5 heteroatoms. The van der Waals surface area contributed by atoms with Crippen molar-refractivity contribution < 1.29 is 0 Å². The van der Waals surface area contributed by atoms with Gasteiger partial charge in [-0.05, 0) is 25.3 Å². The van der Waals surface area contributed by atoms with Crippen LogP contribution in [0, 0.1) is 17.2 Å². The van der Waals surface area contributed by atoms with Crippen molar-refractivity contribution in [1.29, 1.82) is 5.26 Å². The lowest BCUT2D eigenvalue weighted by Crippen LogP contribution is -2.54. The smallest absolute Gasteiger partial charge is 0.153 e. The number of nitriles is 1. The van der Waals surface area contributed by atoms with Gasteiger partial charge >= 0.3 is 0 Å². The lowest BCUT2D eigenvalue weighted by atomic mass is 9.91. The van der Waals surface area contributed by atoms with Crippen LogP contribution < -0.4 is 5.32 Å². The van der Waals surface area contributed by atoms with Gasteiger partial charge in [-0.25, -0.2) is 0 Å². The predicted molar refractivity (Wildman–Crippen MR) is 91.2 cm³/mol. The first-order valence-electron chi connectivity index (χ1n) is 7.55. The van der Waals surface area contributed by atoms with Gasteiger partial charge in [0, 0.05) is 12.5 Å². The summed E-state index contributed by atoms with van der Waals surface area (Å²) >= 11 is 6.31. The second kappa shape index (κ2) is 6.81. The SMILES string of the molecule is CC1(C2CCCC2)NC(Cl)=C(C#N)N1Cc1ccccc1.Cl. The fourth-order valence-electron chi connectivity index (χ4n) is 3.63. The molecule has 3 rings (SSSR count). The third-order valence-corrected chi connectivity index (χ3v) is 5.11. The van der Waals surface area contributed by atoms with Gasteiger partial charge in [0.15, 0.2) is 5.70 Å². The Labute approximate surface area is 143 Å². The molecule has 2 aliphatic rings. The van der Waals surface area contributed by atoms with Gasteiger partial charge in [0.2, 0.25) is 0 Å². The molecule has 1 aliphatic carbocycles. The van der Waals surface area contributed by atoms with Gasteiger partial charge in [-0.2, -0.15) is 5.26 Å². The molecule has 118 valence electrons. The monoisotopic (exact) mass is 337 g/mol. The maximum Gasteiger partial charge on any atom is 0.153 e. The topological polar surface area (TPSA) is 39.1 Å². The standard InChI is InChI=1S/C17H20ClN3.ClH/c1-17(14-9-5-6-10-14)20-16(18)15(11-19)21(17)12-13-7-3-2-4-8-13;/h2-4,7-8,14,20H,5-6,9-10,12H2,1H3;1H.